The molecule has 3 nitrogen and oxygen atoms in total. The maximum absolute atomic E-state index is 9.43. The van der Waals surface area contributed by atoms with Crippen LogP contribution in [0.5, 0.6) is 0 Å². The Bertz CT molecular complexity index is 385. The minimum atomic E-state index is 0.210. The van der Waals surface area contributed by atoms with Gasteiger partial charge in [-0.3, -0.25) is 4.90 Å². The first-order chi connectivity index (χ1) is 8.13. The molecule has 4 heteroatoms. The van der Waals surface area contributed by atoms with Crippen LogP contribution in [0.15, 0.2) is 28.7 Å². The first-order valence-electron chi connectivity index (χ1n) is 5.95. The van der Waals surface area contributed by atoms with E-state index >= 15 is 0 Å². The third-order valence-electron chi connectivity index (χ3n) is 3.59. The standard InChI is InChI=1S/C13H19BrN2O/c1-10-7-16(8-11(9-17)15(10)2)13-6-4-3-5-12(13)14/h3-6,10-11,17H,7-9H2,1-2H3. The van der Waals surface area contributed by atoms with Crippen LogP contribution >= 0.6 is 15.9 Å². The van der Waals surface area contributed by atoms with E-state index in [0.29, 0.717) is 6.04 Å². The molecule has 1 heterocycles. The molecule has 0 aromatic heterocycles. The second-order valence-electron chi connectivity index (χ2n) is 4.71. The van der Waals surface area contributed by atoms with E-state index in [1.165, 1.54) is 5.69 Å². The van der Waals surface area contributed by atoms with Crippen LogP contribution in [0.3, 0.4) is 0 Å². The van der Waals surface area contributed by atoms with Crippen molar-refractivity contribution in [2.24, 2.45) is 0 Å². The average molecular weight is 299 g/mol. The van der Waals surface area contributed by atoms with Crippen LogP contribution in [0, 0.1) is 0 Å². The van der Waals surface area contributed by atoms with Crippen LogP contribution in [0.2, 0.25) is 0 Å². The lowest BCUT2D eigenvalue weighted by Gasteiger charge is -2.44. The maximum atomic E-state index is 9.43. The molecule has 0 aliphatic carbocycles. The Morgan fingerprint density at radius 1 is 1.35 bits per heavy atom. The number of aliphatic hydroxyl groups is 1. The lowest BCUT2D eigenvalue weighted by Crippen LogP contribution is -2.57. The molecule has 94 valence electrons. The first kappa shape index (κ1) is 12.9. The third-order valence-corrected chi connectivity index (χ3v) is 4.26. The molecule has 1 aliphatic rings. The zero-order valence-electron chi connectivity index (χ0n) is 10.3. The van der Waals surface area contributed by atoms with Crippen LogP contribution in [0.25, 0.3) is 0 Å². The molecule has 1 aromatic rings. The minimum Gasteiger partial charge on any atom is -0.395 e. The van der Waals surface area contributed by atoms with Gasteiger partial charge in [-0.05, 0) is 42.0 Å². The van der Waals surface area contributed by atoms with Gasteiger partial charge in [-0.25, -0.2) is 0 Å². The SMILES string of the molecule is CC1CN(c2ccccc2Br)CC(CO)N1C. The summed E-state index contributed by atoms with van der Waals surface area (Å²) in [6.45, 7) is 4.28. The molecule has 17 heavy (non-hydrogen) atoms. The largest absolute Gasteiger partial charge is 0.395 e. The molecule has 1 N–H and O–H groups in total. The van der Waals surface area contributed by atoms with Gasteiger partial charge in [-0.2, -0.15) is 0 Å². The van der Waals surface area contributed by atoms with Crippen LogP contribution in [-0.2, 0) is 0 Å². The van der Waals surface area contributed by atoms with Gasteiger partial charge >= 0.3 is 0 Å². The normalized spacial score (nSPS) is 26.2. The van der Waals surface area contributed by atoms with Crippen molar-refractivity contribution in [2.75, 3.05) is 31.6 Å². The average Bonchev–Trinajstić information content (AvgIpc) is 2.33. The molecule has 0 bridgehead atoms. The number of para-hydroxylation sites is 1. The predicted octanol–water partition coefficient (Wildman–Crippen LogP) is 1.95. The van der Waals surface area contributed by atoms with Gasteiger partial charge in [0.2, 0.25) is 0 Å². The highest BCUT2D eigenvalue weighted by Gasteiger charge is 2.29. The molecule has 2 unspecified atom stereocenters. The maximum Gasteiger partial charge on any atom is 0.0604 e. The summed E-state index contributed by atoms with van der Waals surface area (Å²) in [4.78, 5) is 4.60. The number of hydrogen-bond donors (Lipinski definition) is 1. The zero-order chi connectivity index (χ0) is 12.4. The fraction of sp³-hybridized carbons (Fsp3) is 0.538. The Kier molecular flexibility index (Phi) is 4.07. The van der Waals surface area contributed by atoms with E-state index in [1.54, 1.807) is 0 Å². The summed E-state index contributed by atoms with van der Waals surface area (Å²) in [5.41, 5.74) is 1.21. The van der Waals surface area contributed by atoms with Crippen molar-refractivity contribution in [3.05, 3.63) is 28.7 Å². The number of anilines is 1. The molecule has 0 amide bonds. The lowest BCUT2D eigenvalue weighted by molar-refractivity contribution is 0.0996. The number of nitrogens with zero attached hydrogens (tertiary/aromatic N) is 2. The summed E-state index contributed by atoms with van der Waals surface area (Å²) < 4.78 is 1.12. The third kappa shape index (κ3) is 2.64. The number of hydrogen-bond acceptors (Lipinski definition) is 3. The van der Waals surface area contributed by atoms with E-state index in [2.05, 4.69) is 57.9 Å². The van der Waals surface area contributed by atoms with E-state index < -0.39 is 0 Å². The Morgan fingerprint density at radius 2 is 2.06 bits per heavy atom. The molecule has 2 rings (SSSR count). The van der Waals surface area contributed by atoms with Gasteiger partial charge in [0.25, 0.3) is 0 Å². The van der Waals surface area contributed by atoms with Crippen molar-refractivity contribution in [3.8, 4) is 0 Å². The Morgan fingerprint density at radius 3 is 2.71 bits per heavy atom. The second kappa shape index (κ2) is 5.38. The molecule has 2 atom stereocenters. The number of halogens is 1. The second-order valence-corrected chi connectivity index (χ2v) is 5.56. The zero-order valence-corrected chi connectivity index (χ0v) is 11.9. The summed E-state index contributed by atoms with van der Waals surface area (Å²) in [6.07, 6.45) is 0. The molecule has 1 saturated heterocycles. The molecule has 1 fully saturated rings. The monoisotopic (exact) mass is 298 g/mol. The molecule has 1 aromatic carbocycles. The smallest absolute Gasteiger partial charge is 0.0604 e. The minimum absolute atomic E-state index is 0.210. The van der Waals surface area contributed by atoms with E-state index in [-0.39, 0.29) is 12.6 Å². The van der Waals surface area contributed by atoms with Crippen molar-refractivity contribution in [3.63, 3.8) is 0 Å². The van der Waals surface area contributed by atoms with Gasteiger partial charge < -0.3 is 10.0 Å². The number of piperazine rings is 1. The molecule has 1 aliphatic heterocycles. The molecule has 0 saturated carbocycles. The van der Waals surface area contributed by atoms with E-state index in [9.17, 15) is 5.11 Å². The predicted molar refractivity (Wildman–Crippen MR) is 74.5 cm³/mol. The topological polar surface area (TPSA) is 26.7 Å². The number of likely N-dealkylation sites (N-methyl/N-ethyl adjacent to an activating group) is 1. The summed E-state index contributed by atoms with van der Waals surface area (Å²) in [5.74, 6) is 0. The van der Waals surface area contributed by atoms with Crippen LogP contribution < -0.4 is 4.90 Å². The van der Waals surface area contributed by atoms with Crippen LogP contribution in [0.1, 0.15) is 6.92 Å². The molecule has 0 spiro atoms. The van der Waals surface area contributed by atoms with Crippen molar-refractivity contribution in [2.45, 2.75) is 19.0 Å². The van der Waals surface area contributed by atoms with Crippen molar-refractivity contribution < 1.29 is 5.11 Å². The van der Waals surface area contributed by atoms with Gasteiger partial charge in [-0.15, -0.1) is 0 Å². The van der Waals surface area contributed by atoms with Gasteiger partial charge in [0.05, 0.1) is 18.3 Å². The summed E-state index contributed by atoms with van der Waals surface area (Å²) in [6, 6.07) is 8.93. The Balaban J connectivity index is 2.20. The van der Waals surface area contributed by atoms with E-state index in [0.717, 1.165) is 17.6 Å². The number of rotatable bonds is 2. The van der Waals surface area contributed by atoms with Crippen LogP contribution in [0.4, 0.5) is 5.69 Å². The fourth-order valence-corrected chi connectivity index (χ4v) is 2.89. The van der Waals surface area contributed by atoms with Crippen LogP contribution in [-0.4, -0.2) is 48.8 Å². The van der Waals surface area contributed by atoms with Crippen molar-refractivity contribution in [1.29, 1.82) is 0 Å². The summed E-state index contributed by atoms with van der Waals surface area (Å²) in [5, 5.41) is 9.43. The quantitative estimate of drug-likeness (QED) is 0.904. The van der Waals surface area contributed by atoms with Gasteiger partial charge in [-0.1, -0.05) is 12.1 Å². The van der Waals surface area contributed by atoms with E-state index in [1.807, 2.05) is 6.07 Å². The summed E-state index contributed by atoms with van der Waals surface area (Å²) in [7, 11) is 2.09. The molecule has 0 radical (unpaired) electrons. The first-order valence-corrected chi connectivity index (χ1v) is 6.75. The Labute approximate surface area is 111 Å². The fourth-order valence-electron chi connectivity index (χ4n) is 2.36. The van der Waals surface area contributed by atoms with Gasteiger partial charge in [0, 0.05) is 23.6 Å². The van der Waals surface area contributed by atoms with Gasteiger partial charge in [0.15, 0.2) is 0 Å². The highest BCUT2D eigenvalue weighted by molar-refractivity contribution is 9.10. The van der Waals surface area contributed by atoms with Crippen molar-refractivity contribution in [1.82, 2.24) is 4.90 Å². The Hall–Kier alpha value is -0.580. The molecular formula is C13H19BrN2O. The van der Waals surface area contributed by atoms with Gasteiger partial charge in [0.1, 0.15) is 0 Å². The number of aliphatic hydroxyl groups excluding tert-OH is 1. The molecular weight excluding hydrogens is 280 g/mol. The highest BCUT2D eigenvalue weighted by Crippen LogP contribution is 2.28. The lowest BCUT2D eigenvalue weighted by atomic mass is 10.1. The van der Waals surface area contributed by atoms with Crippen molar-refractivity contribution >= 4 is 21.6 Å². The number of benzene rings is 1. The van der Waals surface area contributed by atoms with E-state index in [4.69, 9.17) is 0 Å². The highest BCUT2D eigenvalue weighted by atomic mass is 79.9. The summed E-state index contributed by atoms with van der Waals surface area (Å²) >= 11 is 3.59.